The number of esters is 2. The lowest BCUT2D eigenvalue weighted by atomic mass is 9.85. The molecular formula is C25H32N2O7. The Morgan fingerprint density at radius 1 is 1.15 bits per heavy atom. The Morgan fingerprint density at radius 2 is 1.85 bits per heavy atom. The lowest BCUT2D eigenvalue weighted by Crippen LogP contribution is -2.58. The first kappa shape index (κ1) is 24.0. The minimum absolute atomic E-state index is 0.146. The molecule has 0 saturated heterocycles. The summed E-state index contributed by atoms with van der Waals surface area (Å²) in [6, 6.07) is 7.46. The maximum absolute atomic E-state index is 13.3. The van der Waals surface area contributed by atoms with Gasteiger partial charge in [-0.3, -0.25) is 4.79 Å². The monoisotopic (exact) mass is 472 g/mol. The third-order valence-electron chi connectivity index (χ3n) is 6.47. The molecule has 1 amide bonds. The van der Waals surface area contributed by atoms with E-state index in [0.717, 1.165) is 5.52 Å². The van der Waals surface area contributed by atoms with Crippen molar-refractivity contribution in [3.8, 4) is 0 Å². The normalized spacial score (nSPS) is 27.7. The zero-order chi connectivity index (χ0) is 24.7. The van der Waals surface area contributed by atoms with Crippen molar-refractivity contribution in [2.24, 2.45) is 23.7 Å². The van der Waals surface area contributed by atoms with Crippen molar-refractivity contribution in [3.05, 3.63) is 30.2 Å². The number of benzene rings is 1. The Morgan fingerprint density at radius 3 is 2.50 bits per heavy atom. The van der Waals surface area contributed by atoms with Crippen LogP contribution >= 0.6 is 0 Å². The second kappa shape index (κ2) is 8.92. The van der Waals surface area contributed by atoms with Crippen LogP contribution in [0.1, 0.15) is 46.9 Å². The van der Waals surface area contributed by atoms with E-state index in [-0.39, 0.29) is 37.4 Å². The summed E-state index contributed by atoms with van der Waals surface area (Å²) in [6.45, 7) is 9.06. The molecule has 0 spiro atoms. The smallest absolute Gasteiger partial charge is 0.408 e. The fourth-order valence-corrected chi connectivity index (χ4v) is 5.37. The molecule has 2 saturated carbocycles. The Balaban J connectivity index is 1.66. The predicted molar refractivity (Wildman–Crippen MR) is 122 cm³/mol. The van der Waals surface area contributed by atoms with Gasteiger partial charge in [-0.05, 0) is 65.0 Å². The van der Waals surface area contributed by atoms with Gasteiger partial charge in [-0.2, -0.15) is 0 Å². The highest BCUT2D eigenvalue weighted by Crippen LogP contribution is 2.66. The topological polar surface area (TPSA) is 117 Å². The molecule has 2 aliphatic rings. The summed E-state index contributed by atoms with van der Waals surface area (Å²) in [5, 5.41) is 2.80. The molecule has 2 aromatic rings. The van der Waals surface area contributed by atoms with Gasteiger partial charge in [0.2, 0.25) is 0 Å². The minimum atomic E-state index is -1.39. The van der Waals surface area contributed by atoms with Gasteiger partial charge in [-0.1, -0.05) is 12.1 Å². The Bertz CT molecular complexity index is 1060. The van der Waals surface area contributed by atoms with Crippen molar-refractivity contribution < 1.29 is 33.0 Å². The van der Waals surface area contributed by atoms with Crippen molar-refractivity contribution in [1.29, 1.82) is 0 Å². The van der Waals surface area contributed by atoms with Crippen molar-refractivity contribution in [2.45, 2.75) is 58.6 Å². The van der Waals surface area contributed by atoms with Gasteiger partial charge < -0.3 is 23.9 Å². The highest BCUT2D eigenvalue weighted by atomic mass is 16.6. The van der Waals surface area contributed by atoms with E-state index >= 15 is 0 Å². The van der Waals surface area contributed by atoms with Crippen molar-refractivity contribution in [3.63, 3.8) is 0 Å². The van der Waals surface area contributed by atoms with Gasteiger partial charge in [0.15, 0.2) is 11.5 Å². The third kappa shape index (κ3) is 4.48. The van der Waals surface area contributed by atoms with E-state index in [1.165, 1.54) is 0 Å². The summed E-state index contributed by atoms with van der Waals surface area (Å²) < 4.78 is 22.0. The van der Waals surface area contributed by atoms with Crippen LogP contribution in [0, 0.1) is 23.7 Å². The highest BCUT2D eigenvalue weighted by Gasteiger charge is 2.76. The number of hydrogen-bond donors (Lipinski definition) is 1. The summed E-state index contributed by atoms with van der Waals surface area (Å²) in [6.07, 6.45) is -0.0193. The zero-order valence-electron chi connectivity index (χ0n) is 20.3. The summed E-state index contributed by atoms with van der Waals surface area (Å²) >= 11 is 0. The van der Waals surface area contributed by atoms with E-state index in [9.17, 15) is 14.4 Å². The van der Waals surface area contributed by atoms with Crippen LogP contribution in [-0.2, 0) is 30.2 Å². The molecule has 2 fully saturated rings. The average Bonchev–Trinajstić information content (AvgIpc) is 3.25. The Labute approximate surface area is 198 Å². The summed E-state index contributed by atoms with van der Waals surface area (Å²) in [5.74, 6) is -1.71. The summed E-state index contributed by atoms with van der Waals surface area (Å²) in [5.41, 5.74) is -0.724. The maximum Gasteiger partial charge on any atom is 0.408 e. The molecule has 0 aliphatic heterocycles. The molecule has 184 valence electrons. The number of alkyl carbamates (subject to hydrolysis) is 1. The van der Waals surface area contributed by atoms with Crippen molar-refractivity contribution in [1.82, 2.24) is 10.3 Å². The van der Waals surface area contributed by atoms with Gasteiger partial charge >= 0.3 is 18.0 Å². The van der Waals surface area contributed by atoms with Crippen molar-refractivity contribution in [2.75, 3.05) is 13.2 Å². The molecule has 2 aliphatic carbocycles. The van der Waals surface area contributed by atoms with Crippen LogP contribution in [0.3, 0.4) is 0 Å². The molecule has 4 rings (SSSR count). The highest BCUT2D eigenvalue weighted by molar-refractivity contribution is 5.90. The number of para-hydroxylation sites is 2. The first-order valence-corrected chi connectivity index (χ1v) is 11.8. The van der Waals surface area contributed by atoms with Gasteiger partial charge in [-0.15, -0.1) is 0 Å². The molecular weight excluding hydrogens is 440 g/mol. The van der Waals surface area contributed by atoms with Gasteiger partial charge in [0, 0.05) is 12.3 Å². The predicted octanol–water partition coefficient (Wildman–Crippen LogP) is 3.64. The zero-order valence-corrected chi connectivity index (χ0v) is 20.3. The second-order valence-electron chi connectivity index (χ2n) is 9.94. The van der Waals surface area contributed by atoms with E-state index in [1.54, 1.807) is 34.6 Å². The van der Waals surface area contributed by atoms with Crippen LogP contribution in [0.25, 0.3) is 11.1 Å². The number of nitrogens with zero attached hydrogens (tertiary/aromatic N) is 1. The molecule has 1 aromatic heterocycles. The fourth-order valence-electron chi connectivity index (χ4n) is 5.37. The standard InChI is InChI=1S/C25H32N2O7/c1-6-31-21(28)19-18-14(12-17-26-15-10-8-9-11-16(15)33-17)13-25(20(18)19,22(29)32-7-2)27-23(30)34-24(3,4)5/h8-11,14,18-20H,6-7,12-13H2,1-5H3,(H,27,30)/t14-,18-,19-,20+,25-/m1/s1. The minimum Gasteiger partial charge on any atom is -0.466 e. The fraction of sp³-hybridized carbons (Fsp3) is 0.600. The number of aromatic nitrogens is 1. The average molecular weight is 473 g/mol. The van der Waals surface area contributed by atoms with Gasteiger partial charge in [0.05, 0.1) is 19.1 Å². The molecule has 0 unspecified atom stereocenters. The third-order valence-corrected chi connectivity index (χ3v) is 6.47. The number of carbonyl (C=O) groups is 3. The maximum atomic E-state index is 13.3. The lowest BCUT2D eigenvalue weighted by molar-refractivity contribution is -0.154. The summed E-state index contributed by atoms with van der Waals surface area (Å²) in [4.78, 5) is 43.4. The number of ether oxygens (including phenoxy) is 3. The van der Waals surface area contributed by atoms with Crippen LogP contribution < -0.4 is 5.32 Å². The number of oxazole rings is 1. The number of carbonyl (C=O) groups excluding carboxylic acids is 3. The first-order valence-electron chi connectivity index (χ1n) is 11.8. The van der Waals surface area contributed by atoms with Crippen molar-refractivity contribution >= 4 is 29.1 Å². The quantitative estimate of drug-likeness (QED) is 0.479. The SMILES string of the molecule is CCOC(=O)[C@@H]1[C@H]2[C@H](Cc3nc4ccccc4o3)C[C@](NC(=O)OC(C)(C)C)(C(=O)OCC)[C@H]12. The van der Waals surface area contributed by atoms with Crippen LogP contribution in [0.2, 0.25) is 0 Å². The first-order chi connectivity index (χ1) is 16.1. The van der Waals surface area contributed by atoms with Crippen LogP contribution in [0.5, 0.6) is 0 Å². The molecule has 0 bridgehead atoms. The Kier molecular flexibility index (Phi) is 6.31. The van der Waals surface area contributed by atoms with E-state index in [4.69, 9.17) is 18.6 Å². The Hall–Kier alpha value is -3.10. The van der Waals surface area contributed by atoms with Gasteiger partial charge in [0.25, 0.3) is 0 Å². The largest absolute Gasteiger partial charge is 0.466 e. The van der Waals surface area contributed by atoms with Crippen LogP contribution in [0.15, 0.2) is 28.7 Å². The van der Waals surface area contributed by atoms with E-state index < -0.39 is 35.0 Å². The molecule has 0 radical (unpaired) electrons. The number of nitrogens with one attached hydrogen (secondary N) is 1. The molecule has 5 atom stereocenters. The van der Waals surface area contributed by atoms with E-state index in [1.807, 2.05) is 24.3 Å². The lowest BCUT2D eigenvalue weighted by Gasteiger charge is -2.33. The number of rotatable bonds is 7. The van der Waals surface area contributed by atoms with E-state index in [2.05, 4.69) is 10.3 Å². The van der Waals surface area contributed by atoms with Gasteiger partial charge in [0.1, 0.15) is 16.7 Å². The van der Waals surface area contributed by atoms with Crippen LogP contribution in [-0.4, -0.2) is 47.4 Å². The number of hydrogen-bond acceptors (Lipinski definition) is 8. The van der Waals surface area contributed by atoms with E-state index in [0.29, 0.717) is 17.9 Å². The second-order valence-corrected chi connectivity index (χ2v) is 9.94. The number of fused-ring (bicyclic) bond motifs is 2. The molecule has 1 aromatic carbocycles. The summed E-state index contributed by atoms with van der Waals surface area (Å²) in [7, 11) is 0. The molecule has 1 heterocycles. The van der Waals surface area contributed by atoms with Gasteiger partial charge in [-0.25, -0.2) is 14.6 Å². The number of amides is 1. The molecule has 9 heteroatoms. The molecule has 9 nitrogen and oxygen atoms in total. The molecule has 1 N–H and O–H groups in total. The van der Waals surface area contributed by atoms with Crippen LogP contribution in [0.4, 0.5) is 4.79 Å². The molecule has 34 heavy (non-hydrogen) atoms.